The van der Waals surface area contributed by atoms with E-state index in [4.69, 9.17) is 4.74 Å². The van der Waals surface area contributed by atoms with Crippen LogP contribution in [0.15, 0.2) is 22.2 Å². The third-order valence-electron chi connectivity index (χ3n) is 3.79. The molecule has 9 heteroatoms. The number of aliphatic hydroxyl groups is 2. The van der Waals surface area contributed by atoms with Crippen molar-refractivity contribution in [1.82, 2.24) is 5.32 Å². The molecule has 1 aliphatic rings. The second-order valence-corrected chi connectivity index (χ2v) is 5.49. The lowest BCUT2D eigenvalue weighted by molar-refractivity contribution is -0.116. The minimum atomic E-state index is -1.03. The molecule has 1 fully saturated rings. The summed E-state index contributed by atoms with van der Waals surface area (Å²) < 4.78 is 5.19. The third-order valence-corrected chi connectivity index (χ3v) is 3.79. The first-order valence-corrected chi connectivity index (χ1v) is 7.64. The third kappa shape index (κ3) is 3.99. The number of carbonyl (C=O) groups is 1. The van der Waals surface area contributed by atoms with Crippen molar-refractivity contribution >= 4 is 17.3 Å². The van der Waals surface area contributed by atoms with Gasteiger partial charge in [0.25, 0.3) is 10.9 Å². The first-order chi connectivity index (χ1) is 11.5. The van der Waals surface area contributed by atoms with Gasteiger partial charge in [-0.1, -0.05) is 6.58 Å². The first kappa shape index (κ1) is 18.1. The zero-order valence-electron chi connectivity index (χ0n) is 13.1. The standard InChI is InChI=1S/C15H21N3O6/c1-2-10(20)16-4-3-5-17-11-12(15(23)14(11)22)18-6-9-13(21)8(19)7-24-9/h2,8-9,13,17-19,21H,1,3-7H2,(H,16,20)/t8-,9+,13-/m0/s1. The summed E-state index contributed by atoms with van der Waals surface area (Å²) in [7, 11) is 0. The Morgan fingerprint density at radius 3 is 2.46 bits per heavy atom. The van der Waals surface area contributed by atoms with Crippen LogP contribution in [0, 0.1) is 0 Å². The lowest BCUT2D eigenvalue weighted by Crippen LogP contribution is -2.41. The molecule has 0 aromatic heterocycles. The van der Waals surface area contributed by atoms with Gasteiger partial charge in [-0.2, -0.15) is 0 Å². The minimum absolute atomic E-state index is 0.0287. The maximum Gasteiger partial charge on any atom is 0.253 e. The van der Waals surface area contributed by atoms with Crippen LogP contribution < -0.4 is 26.8 Å². The summed E-state index contributed by atoms with van der Waals surface area (Å²) in [6, 6.07) is 0. The van der Waals surface area contributed by atoms with Gasteiger partial charge in [0.1, 0.15) is 29.7 Å². The quantitative estimate of drug-likeness (QED) is 0.196. The molecule has 24 heavy (non-hydrogen) atoms. The van der Waals surface area contributed by atoms with Gasteiger partial charge in [-0.3, -0.25) is 14.4 Å². The van der Waals surface area contributed by atoms with Crippen LogP contribution in [0.3, 0.4) is 0 Å². The van der Waals surface area contributed by atoms with Crippen molar-refractivity contribution in [2.45, 2.75) is 24.7 Å². The van der Waals surface area contributed by atoms with E-state index in [0.29, 0.717) is 19.5 Å². The molecule has 1 aromatic rings. The normalized spacial score (nSPS) is 23.2. The van der Waals surface area contributed by atoms with Gasteiger partial charge >= 0.3 is 0 Å². The van der Waals surface area contributed by atoms with Gasteiger partial charge in [-0.15, -0.1) is 0 Å². The summed E-state index contributed by atoms with van der Waals surface area (Å²) in [6.07, 6.45) is -0.898. The van der Waals surface area contributed by atoms with E-state index >= 15 is 0 Å². The smallest absolute Gasteiger partial charge is 0.253 e. The van der Waals surface area contributed by atoms with Gasteiger partial charge in [0, 0.05) is 19.6 Å². The molecule has 0 radical (unpaired) electrons. The minimum Gasteiger partial charge on any atom is -0.388 e. The summed E-state index contributed by atoms with van der Waals surface area (Å²) in [5.41, 5.74) is -0.915. The molecule has 0 saturated carbocycles. The van der Waals surface area contributed by atoms with Crippen LogP contribution in [0.4, 0.5) is 11.4 Å². The SMILES string of the molecule is C=CC(=O)NCCCNc1c(NC[C@H]2OC[C@H](O)[C@@H]2O)c(=O)c1=O. The van der Waals surface area contributed by atoms with E-state index < -0.39 is 29.2 Å². The highest BCUT2D eigenvalue weighted by Crippen LogP contribution is 2.18. The van der Waals surface area contributed by atoms with Crippen LogP contribution in [0.1, 0.15) is 6.42 Å². The molecule has 3 atom stereocenters. The van der Waals surface area contributed by atoms with Gasteiger partial charge in [-0.05, 0) is 12.5 Å². The molecule has 5 N–H and O–H groups in total. The van der Waals surface area contributed by atoms with E-state index in [-0.39, 0.29) is 30.4 Å². The Kier molecular flexibility index (Phi) is 6.07. The van der Waals surface area contributed by atoms with E-state index in [2.05, 4.69) is 22.5 Å². The number of amides is 1. The first-order valence-electron chi connectivity index (χ1n) is 7.64. The van der Waals surface area contributed by atoms with Crippen molar-refractivity contribution in [2.75, 3.05) is 36.9 Å². The van der Waals surface area contributed by atoms with Crippen molar-refractivity contribution in [2.24, 2.45) is 0 Å². The Morgan fingerprint density at radius 1 is 1.21 bits per heavy atom. The average molecular weight is 339 g/mol. The van der Waals surface area contributed by atoms with Gasteiger partial charge in [0.2, 0.25) is 5.91 Å². The maximum absolute atomic E-state index is 11.6. The number of nitrogens with one attached hydrogen (secondary N) is 3. The molecular formula is C15H21N3O6. The number of ether oxygens (including phenoxy) is 1. The predicted octanol–water partition coefficient (Wildman–Crippen LogP) is -2.08. The van der Waals surface area contributed by atoms with Crippen LogP contribution >= 0.6 is 0 Å². The molecule has 1 saturated heterocycles. The highest BCUT2D eigenvalue weighted by atomic mass is 16.5. The fourth-order valence-corrected chi connectivity index (χ4v) is 2.36. The summed E-state index contributed by atoms with van der Waals surface area (Å²) in [4.78, 5) is 34.2. The zero-order chi connectivity index (χ0) is 17.7. The average Bonchev–Trinajstić information content (AvgIpc) is 2.90. The molecule has 0 bridgehead atoms. The molecule has 0 aliphatic carbocycles. The van der Waals surface area contributed by atoms with E-state index in [9.17, 15) is 24.6 Å². The van der Waals surface area contributed by atoms with Crippen LogP contribution in [0.2, 0.25) is 0 Å². The molecule has 0 unspecified atom stereocenters. The number of carbonyl (C=O) groups excluding carboxylic acids is 1. The summed E-state index contributed by atoms with van der Waals surface area (Å²) in [6.45, 7) is 4.28. The molecule has 2 rings (SSSR count). The lowest BCUT2D eigenvalue weighted by Gasteiger charge is -2.19. The molecule has 1 aromatic carbocycles. The lowest BCUT2D eigenvalue weighted by atomic mass is 10.1. The van der Waals surface area contributed by atoms with Gasteiger partial charge in [-0.25, -0.2) is 0 Å². The Hall–Kier alpha value is -2.23. The van der Waals surface area contributed by atoms with E-state index in [1.165, 1.54) is 6.08 Å². The van der Waals surface area contributed by atoms with Gasteiger partial charge in [0.15, 0.2) is 0 Å². The highest BCUT2D eigenvalue weighted by Gasteiger charge is 2.35. The molecular weight excluding hydrogens is 318 g/mol. The number of aliphatic hydroxyl groups excluding tert-OH is 2. The molecule has 1 amide bonds. The van der Waals surface area contributed by atoms with Crippen molar-refractivity contribution in [1.29, 1.82) is 0 Å². The van der Waals surface area contributed by atoms with Crippen molar-refractivity contribution in [3.8, 4) is 0 Å². The van der Waals surface area contributed by atoms with Crippen LogP contribution in [0.5, 0.6) is 0 Å². The summed E-state index contributed by atoms with van der Waals surface area (Å²) >= 11 is 0. The van der Waals surface area contributed by atoms with Crippen molar-refractivity contribution in [3.05, 3.63) is 33.1 Å². The Morgan fingerprint density at radius 2 is 1.88 bits per heavy atom. The zero-order valence-corrected chi connectivity index (χ0v) is 13.1. The van der Waals surface area contributed by atoms with E-state index in [1.807, 2.05) is 0 Å². The number of anilines is 2. The molecule has 1 heterocycles. The second kappa shape index (κ2) is 8.04. The summed E-state index contributed by atoms with van der Waals surface area (Å²) in [5, 5.41) is 27.3. The van der Waals surface area contributed by atoms with E-state index in [0.717, 1.165) is 0 Å². The summed E-state index contributed by atoms with van der Waals surface area (Å²) in [5.74, 6) is -0.274. The monoisotopic (exact) mass is 339 g/mol. The predicted molar refractivity (Wildman–Crippen MR) is 87.9 cm³/mol. The van der Waals surface area contributed by atoms with E-state index in [1.54, 1.807) is 0 Å². The second-order valence-electron chi connectivity index (χ2n) is 5.49. The number of hydrogen-bond acceptors (Lipinski definition) is 8. The highest BCUT2D eigenvalue weighted by molar-refractivity contribution is 5.86. The van der Waals surface area contributed by atoms with Crippen LogP contribution in [-0.2, 0) is 9.53 Å². The molecule has 1 aliphatic heterocycles. The Labute approximate surface area is 138 Å². The number of hydrogen-bond donors (Lipinski definition) is 5. The fraction of sp³-hybridized carbons (Fsp3) is 0.533. The van der Waals surface area contributed by atoms with Gasteiger partial charge < -0.3 is 30.9 Å². The van der Waals surface area contributed by atoms with Crippen molar-refractivity contribution < 1.29 is 19.7 Å². The Bertz CT molecular complexity index is 666. The number of rotatable bonds is 9. The van der Waals surface area contributed by atoms with Gasteiger partial charge in [0.05, 0.1) is 6.61 Å². The largest absolute Gasteiger partial charge is 0.388 e. The van der Waals surface area contributed by atoms with Crippen molar-refractivity contribution in [3.63, 3.8) is 0 Å². The maximum atomic E-state index is 11.6. The fourth-order valence-electron chi connectivity index (χ4n) is 2.36. The molecule has 132 valence electrons. The molecule has 9 nitrogen and oxygen atoms in total. The van der Waals surface area contributed by atoms with Crippen LogP contribution in [-0.4, -0.2) is 60.7 Å². The Balaban J connectivity index is 1.79. The van der Waals surface area contributed by atoms with Crippen LogP contribution in [0.25, 0.3) is 0 Å². The topological polar surface area (TPSA) is 137 Å². The molecule has 0 spiro atoms.